The van der Waals surface area contributed by atoms with Gasteiger partial charge in [-0.2, -0.15) is 0 Å². The highest BCUT2D eigenvalue weighted by Gasteiger charge is 2.38. The average Bonchev–Trinajstić information content (AvgIpc) is 2.93. The van der Waals surface area contributed by atoms with E-state index in [2.05, 4.69) is 5.32 Å². The van der Waals surface area contributed by atoms with Crippen LogP contribution in [0.5, 0.6) is 0 Å². The zero-order valence-corrected chi connectivity index (χ0v) is 12.7. The fraction of sp³-hybridized carbons (Fsp3) is 0.615. The molecular formula is C13H19N3O8. The molecule has 0 bridgehead atoms. The fourth-order valence-electron chi connectivity index (χ4n) is 2.43. The van der Waals surface area contributed by atoms with Crippen molar-refractivity contribution in [1.82, 2.24) is 10.2 Å². The van der Waals surface area contributed by atoms with E-state index in [9.17, 15) is 24.0 Å². The summed E-state index contributed by atoms with van der Waals surface area (Å²) in [6.07, 6.45) is -0.697. The van der Waals surface area contributed by atoms with Crippen LogP contribution in [0.2, 0.25) is 0 Å². The molecule has 134 valence electrons. The number of likely N-dealkylation sites (tertiary alicyclic amines) is 1. The number of carboxylic acid groups (broad SMARTS) is 3. The molecule has 0 aromatic rings. The van der Waals surface area contributed by atoms with Crippen LogP contribution in [-0.2, 0) is 24.0 Å². The van der Waals surface area contributed by atoms with Gasteiger partial charge in [-0.1, -0.05) is 0 Å². The van der Waals surface area contributed by atoms with Crippen molar-refractivity contribution in [2.75, 3.05) is 6.54 Å². The second-order valence-corrected chi connectivity index (χ2v) is 5.39. The third kappa shape index (κ3) is 5.19. The van der Waals surface area contributed by atoms with E-state index in [-0.39, 0.29) is 13.0 Å². The monoisotopic (exact) mass is 345 g/mol. The Hall–Kier alpha value is -2.69. The summed E-state index contributed by atoms with van der Waals surface area (Å²) in [6, 6.07) is -3.95. The zero-order chi connectivity index (χ0) is 18.4. The number of carbonyl (C=O) groups excluding carboxylic acids is 2. The van der Waals surface area contributed by atoms with Crippen LogP contribution in [0.3, 0.4) is 0 Å². The largest absolute Gasteiger partial charge is 0.481 e. The van der Waals surface area contributed by atoms with E-state index >= 15 is 0 Å². The van der Waals surface area contributed by atoms with Crippen molar-refractivity contribution in [3.05, 3.63) is 0 Å². The van der Waals surface area contributed by atoms with Gasteiger partial charge in [-0.15, -0.1) is 0 Å². The van der Waals surface area contributed by atoms with Gasteiger partial charge in [-0.25, -0.2) is 4.79 Å². The first kappa shape index (κ1) is 19.4. The highest BCUT2D eigenvalue weighted by molar-refractivity contribution is 5.94. The molecule has 1 aliphatic heterocycles. The minimum absolute atomic E-state index is 0.181. The van der Waals surface area contributed by atoms with E-state index in [1.54, 1.807) is 0 Å². The van der Waals surface area contributed by atoms with Crippen molar-refractivity contribution in [1.29, 1.82) is 0 Å². The topological polar surface area (TPSA) is 187 Å². The fourth-order valence-corrected chi connectivity index (χ4v) is 2.43. The molecule has 0 spiro atoms. The molecule has 11 heteroatoms. The van der Waals surface area contributed by atoms with Crippen molar-refractivity contribution in [3.8, 4) is 0 Å². The van der Waals surface area contributed by atoms with Gasteiger partial charge in [0.25, 0.3) is 0 Å². The Morgan fingerprint density at radius 3 is 2.17 bits per heavy atom. The number of carboxylic acids is 3. The van der Waals surface area contributed by atoms with Crippen molar-refractivity contribution in [2.45, 2.75) is 43.8 Å². The molecule has 0 aliphatic carbocycles. The highest BCUT2D eigenvalue weighted by atomic mass is 16.4. The summed E-state index contributed by atoms with van der Waals surface area (Å²) < 4.78 is 0. The maximum Gasteiger partial charge on any atom is 0.326 e. The molecule has 2 amide bonds. The van der Waals surface area contributed by atoms with E-state index in [1.165, 1.54) is 0 Å². The summed E-state index contributed by atoms with van der Waals surface area (Å²) >= 11 is 0. The molecular weight excluding hydrogens is 326 g/mol. The standard InChI is InChI=1S/C13H19N3O8/c14-6(4-9(17)18)12(22)16-3-1-2-8(16)11(21)15-7(13(23)24)5-10(19)20/h6-8H,1-5,14H2,(H,15,21)(H,17,18)(H,19,20)(H,23,24). The molecule has 3 atom stereocenters. The molecule has 0 aromatic heterocycles. The molecule has 24 heavy (non-hydrogen) atoms. The van der Waals surface area contributed by atoms with Crippen LogP contribution in [0, 0.1) is 0 Å². The van der Waals surface area contributed by atoms with E-state index in [1.807, 2.05) is 0 Å². The molecule has 0 radical (unpaired) electrons. The lowest BCUT2D eigenvalue weighted by Crippen LogP contribution is -2.54. The number of carbonyl (C=O) groups is 5. The molecule has 1 saturated heterocycles. The zero-order valence-electron chi connectivity index (χ0n) is 12.7. The lowest BCUT2D eigenvalue weighted by atomic mass is 10.1. The van der Waals surface area contributed by atoms with Crippen molar-refractivity contribution >= 4 is 29.7 Å². The number of rotatable bonds is 8. The van der Waals surface area contributed by atoms with Gasteiger partial charge in [-0.3, -0.25) is 19.2 Å². The van der Waals surface area contributed by atoms with Crippen LogP contribution >= 0.6 is 0 Å². The first-order valence-electron chi connectivity index (χ1n) is 7.16. The Kier molecular flexibility index (Phi) is 6.65. The molecule has 0 saturated carbocycles. The lowest BCUT2D eigenvalue weighted by molar-refractivity contribution is -0.148. The summed E-state index contributed by atoms with van der Waals surface area (Å²) in [5.41, 5.74) is 5.50. The van der Waals surface area contributed by atoms with Crippen LogP contribution in [0.4, 0.5) is 0 Å². The summed E-state index contributed by atoms with van der Waals surface area (Å²) in [7, 11) is 0. The Labute approximate surface area is 136 Å². The summed E-state index contributed by atoms with van der Waals surface area (Å²) in [4.78, 5) is 57.7. The Morgan fingerprint density at radius 2 is 1.67 bits per heavy atom. The second-order valence-electron chi connectivity index (χ2n) is 5.39. The molecule has 0 aromatic carbocycles. The van der Waals surface area contributed by atoms with E-state index in [0.29, 0.717) is 6.42 Å². The van der Waals surface area contributed by atoms with Crippen LogP contribution in [0.25, 0.3) is 0 Å². The number of amides is 2. The molecule has 1 fully saturated rings. The first-order valence-corrected chi connectivity index (χ1v) is 7.16. The molecule has 1 aliphatic rings. The van der Waals surface area contributed by atoms with Crippen LogP contribution in [0.15, 0.2) is 0 Å². The molecule has 1 heterocycles. The first-order chi connectivity index (χ1) is 11.1. The predicted molar refractivity (Wildman–Crippen MR) is 76.8 cm³/mol. The van der Waals surface area contributed by atoms with Crippen molar-refractivity contribution < 1.29 is 39.3 Å². The number of hydrogen-bond donors (Lipinski definition) is 5. The van der Waals surface area contributed by atoms with Gasteiger partial charge in [0, 0.05) is 6.54 Å². The van der Waals surface area contributed by atoms with Gasteiger partial charge in [0.05, 0.1) is 18.9 Å². The Bertz CT molecular complexity index is 549. The van der Waals surface area contributed by atoms with Gasteiger partial charge in [0.2, 0.25) is 11.8 Å². The maximum absolute atomic E-state index is 12.2. The van der Waals surface area contributed by atoms with Gasteiger partial charge in [0.15, 0.2) is 0 Å². The molecule has 1 rings (SSSR count). The maximum atomic E-state index is 12.2. The normalized spacial score (nSPS) is 19.4. The van der Waals surface area contributed by atoms with E-state index in [0.717, 1.165) is 4.90 Å². The Balaban J connectivity index is 2.77. The van der Waals surface area contributed by atoms with E-state index in [4.69, 9.17) is 21.1 Å². The molecule has 6 N–H and O–H groups in total. The number of nitrogens with zero attached hydrogens (tertiary/aromatic N) is 1. The minimum atomic E-state index is -1.62. The van der Waals surface area contributed by atoms with Crippen LogP contribution in [-0.4, -0.2) is 74.6 Å². The second kappa shape index (κ2) is 8.24. The number of nitrogens with two attached hydrogens (primary N) is 1. The molecule has 3 unspecified atom stereocenters. The summed E-state index contributed by atoms with van der Waals surface area (Å²) in [5, 5.41) is 28.3. The van der Waals surface area contributed by atoms with Gasteiger partial charge in [-0.05, 0) is 12.8 Å². The van der Waals surface area contributed by atoms with E-state index < -0.39 is 60.7 Å². The predicted octanol–water partition coefficient (Wildman–Crippen LogP) is -2.18. The molecule has 11 nitrogen and oxygen atoms in total. The van der Waals surface area contributed by atoms with Crippen molar-refractivity contribution in [3.63, 3.8) is 0 Å². The number of nitrogens with one attached hydrogen (secondary N) is 1. The SMILES string of the molecule is NC(CC(=O)O)C(=O)N1CCCC1C(=O)NC(CC(=O)O)C(=O)O. The smallest absolute Gasteiger partial charge is 0.326 e. The summed E-state index contributed by atoms with van der Waals surface area (Å²) in [5.74, 6) is -5.70. The third-order valence-electron chi connectivity index (χ3n) is 3.54. The van der Waals surface area contributed by atoms with Gasteiger partial charge >= 0.3 is 17.9 Å². The van der Waals surface area contributed by atoms with Gasteiger partial charge < -0.3 is 31.3 Å². The van der Waals surface area contributed by atoms with Crippen LogP contribution in [0.1, 0.15) is 25.7 Å². The Morgan fingerprint density at radius 1 is 1.08 bits per heavy atom. The highest BCUT2D eigenvalue weighted by Crippen LogP contribution is 2.19. The van der Waals surface area contributed by atoms with Crippen LogP contribution < -0.4 is 11.1 Å². The minimum Gasteiger partial charge on any atom is -0.481 e. The van der Waals surface area contributed by atoms with Gasteiger partial charge in [0.1, 0.15) is 12.1 Å². The third-order valence-corrected chi connectivity index (χ3v) is 3.54. The lowest BCUT2D eigenvalue weighted by Gasteiger charge is -2.27. The number of aliphatic carboxylic acids is 3. The van der Waals surface area contributed by atoms with Crippen molar-refractivity contribution in [2.24, 2.45) is 5.73 Å². The summed E-state index contributed by atoms with van der Waals surface area (Å²) in [6.45, 7) is 0.181. The quantitative estimate of drug-likeness (QED) is 0.326. The average molecular weight is 345 g/mol. The number of hydrogen-bond acceptors (Lipinski definition) is 6.